The summed E-state index contributed by atoms with van der Waals surface area (Å²) in [6.45, 7) is 1.74. The molecule has 3 rings (SSSR count). The molecule has 0 aromatic carbocycles. The summed E-state index contributed by atoms with van der Waals surface area (Å²) in [7, 11) is 0. The van der Waals surface area contributed by atoms with Gasteiger partial charge in [0.15, 0.2) is 0 Å². The van der Waals surface area contributed by atoms with Gasteiger partial charge in [0, 0.05) is 18.2 Å². The third-order valence-electron chi connectivity index (χ3n) is 3.64. The molecule has 2 fully saturated rings. The Labute approximate surface area is 102 Å². The molecule has 1 aromatic rings. The normalized spacial score (nSPS) is 34.1. The van der Waals surface area contributed by atoms with Gasteiger partial charge in [0.25, 0.3) is 5.56 Å². The van der Waals surface area contributed by atoms with Crippen LogP contribution in [0.15, 0.2) is 15.8 Å². The number of aromatic amines is 1. The summed E-state index contributed by atoms with van der Waals surface area (Å²) >= 11 is 0. The van der Waals surface area contributed by atoms with E-state index in [2.05, 4.69) is 4.98 Å². The molecule has 1 aromatic heterocycles. The van der Waals surface area contributed by atoms with Gasteiger partial charge in [-0.2, -0.15) is 0 Å². The summed E-state index contributed by atoms with van der Waals surface area (Å²) in [5.41, 5.74) is -1.19. The number of aryl methyl sites for hydroxylation is 1. The maximum Gasteiger partial charge on any atom is 0.330 e. The fourth-order valence-corrected chi connectivity index (χ4v) is 2.47. The summed E-state index contributed by atoms with van der Waals surface area (Å²) in [5, 5.41) is 9.33. The SMILES string of the molecule is Cc1c[nH]c(=O)n(C2CC3OCC3(CO)O2)c1=O. The lowest BCUT2D eigenvalue weighted by molar-refractivity contribution is -0.242. The van der Waals surface area contributed by atoms with Gasteiger partial charge < -0.3 is 19.6 Å². The smallest absolute Gasteiger partial charge is 0.330 e. The summed E-state index contributed by atoms with van der Waals surface area (Å²) in [5.74, 6) is 0. The van der Waals surface area contributed by atoms with Crippen LogP contribution in [0.1, 0.15) is 18.2 Å². The van der Waals surface area contributed by atoms with Gasteiger partial charge in [-0.3, -0.25) is 4.79 Å². The first-order valence-electron chi connectivity index (χ1n) is 5.78. The van der Waals surface area contributed by atoms with Crippen molar-refractivity contribution in [2.75, 3.05) is 13.2 Å². The molecule has 3 atom stereocenters. The molecule has 0 amide bonds. The number of aliphatic hydroxyl groups is 1. The molecule has 2 N–H and O–H groups in total. The number of rotatable bonds is 2. The fraction of sp³-hybridized carbons (Fsp3) is 0.636. The average molecular weight is 254 g/mol. The lowest BCUT2D eigenvalue weighted by Gasteiger charge is -2.41. The van der Waals surface area contributed by atoms with E-state index in [0.717, 1.165) is 4.57 Å². The van der Waals surface area contributed by atoms with E-state index in [9.17, 15) is 14.7 Å². The molecule has 2 saturated heterocycles. The standard InChI is InChI=1S/C11H14N2O5/c1-6-3-12-10(16)13(9(6)15)8-2-7-11(4-14,18-8)5-17-7/h3,7-8,14H,2,4-5H2,1H3,(H,12,16). The molecule has 3 heterocycles. The van der Waals surface area contributed by atoms with E-state index in [-0.39, 0.29) is 18.3 Å². The fourth-order valence-electron chi connectivity index (χ4n) is 2.47. The third kappa shape index (κ3) is 1.41. The predicted octanol–water partition coefficient (Wildman–Crippen LogP) is -1.11. The summed E-state index contributed by atoms with van der Waals surface area (Å²) < 4.78 is 12.0. The molecular formula is C11H14N2O5. The first-order chi connectivity index (χ1) is 8.57. The number of aromatic nitrogens is 2. The van der Waals surface area contributed by atoms with Crippen LogP contribution in [0.5, 0.6) is 0 Å². The summed E-state index contributed by atoms with van der Waals surface area (Å²) in [6.07, 6.45) is 0.843. The largest absolute Gasteiger partial charge is 0.393 e. The van der Waals surface area contributed by atoms with E-state index in [1.54, 1.807) is 6.92 Å². The number of ether oxygens (including phenoxy) is 2. The minimum atomic E-state index is -0.750. The van der Waals surface area contributed by atoms with Crippen LogP contribution in [-0.2, 0) is 9.47 Å². The Bertz CT molecular complexity index is 588. The quantitative estimate of drug-likeness (QED) is 0.698. The van der Waals surface area contributed by atoms with E-state index in [0.29, 0.717) is 18.6 Å². The zero-order chi connectivity index (χ0) is 12.9. The monoisotopic (exact) mass is 254 g/mol. The van der Waals surface area contributed by atoms with Crippen molar-refractivity contribution in [3.63, 3.8) is 0 Å². The second kappa shape index (κ2) is 3.78. The van der Waals surface area contributed by atoms with Gasteiger partial charge in [0.05, 0.1) is 19.3 Å². The maximum absolute atomic E-state index is 12.0. The molecular weight excluding hydrogens is 240 g/mol. The number of H-pyrrole nitrogens is 1. The van der Waals surface area contributed by atoms with Crippen molar-refractivity contribution in [1.29, 1.82) is 0 Å². The first kappa shape index (κ1) is 11.6. The molecule has 2 aliphatic heterocycles. The minimum absolute atomic E-state index is 0.174. The van der Waals surface area contributed by atoms with Crippen LogP contribution in [0.2, 0.25) is 0 Å². The molecule has 3 unspecified atom stereocenters. The number of nitrogens with zero attached hydrogens (tertiary/aromatic N) is 1. The van der Waals surface area contributed by atoms with Crippen molar-refractivity contribution in [3.05, 3.63) is 32.6 Å². The van der Waals surface area contributed by atoms with E-state index in [1.165, 1.54) is 6.20 Å². The highest BCUT2D eigenvalue weighted by atomic mass is 16.6. The highest BCUT2D eigenvalue weighted by Crippen LogP contribution is 2.44. The third-order valence-corrected chi connectivity index (χ3v) is 3.64. The Morgan fingerprint density at radius 1 is 1.61 bits per heavy atom. The second-order valence-electron chi connectivity index (χ2n) is 4.78. The molecule has 0 radical (unpaired) electrons. The molecule has 7 nitrogen and oxygen atoms in total. The molecule has 98 valence electrons. The molecule has 0 aliphatic carbocycles. The zero-order valence-corrected chi connectivity index (χ0v) is 9.88. The van der Waals surface area contributed by atoms with Crippen LogP contribution in [0, 0.1) is 6.92 Å². The molecule has 0 bridgehead atoms. The Morgan fingerprint density at radius 2 is 2.39 bits per heavy atom. The van der Waals surface area contributed by atoms with Gasteiger partial charge >= 0.3 is 5.69 Å². The van der Waals surface area contributed by atoms with Crippen LogP contribution < -0.4 is 11.2 Å². The van der Waals surface area contributed by atoms with Gasteiger partial charge in [0.1, 0.15) is 11.8 Å². The molecule has 7 heteroatoms. The predicted molar refractivity (Wildman–Crippen MR) is 60.4 cm³/mol. The van der Waals surface area contributed by atoms with Crippen molar-refractivity contribution < 1.29 is 14.6 Å². The van der Waals surface area contributed by atoms with E-state index in [1.807, 2.05) is 0 Å². The zero-order valence-electron chi connectivity index (χ0n) is 9.88. The Balaban J connectivity index is 2.01. The Hall–Kier alpha value is -1.44. The molecule has 2 aliphatic rings. The van der Waals surface area contributed by atoms with Crippen molar-refractivity contribution >= 4 is 0 Å². The van der Waals surface area contributed by atoms with Crippen molar-refractivity contribution in [2.24, 2.45) is 0 Å². The highest BCUT2D eigenvalue weighted by molar-refractivity contribution is 5.06. The van der Waals surface area contributed by atoms with Crippen molar-refractivity contribution in [2.45, 2.75) is 31.3 Å². The first-order valence-corrected chi connectivity index (χ1v) is 5.78. The van der Waals surface area contributed by atoms with Gasteiger partial charge in [0.2, 0.25) is 0 Å². The molecule has 0 spiro atoms. The van der Waals surface area contributed by atoms with Gasteiger partial charge in [-0.15, -0.1) is 0 Å². The number of hydrogen-bond donors (Lipinski definition) is 2. The van der Waals surface area contributed by atoms with Crippen LogP contribution in [-0.4, -0.2) is 39.6 Å². The topological polar surface area (TPSA) is 93.6 Å². The van der Waals surface area contributed by atoms with Crippen LogP contribution in [0.3, 0.4) is 0 Å². The van der Waals surface area contributed by atoms with Gasteiger partial charge in [-0.25, -0.2) is 9.36 Å². The Morgan fingerprint density at radius 3 is 2.94 bits per heavy atom. The van der Waals surface area contributed by atoms with Crippen LogP contribution in [0.4, 0.5) is 0 Å². The minimum Gasteiger partial charge on any atom is -0.393 e. The lowest BCUT2D eigenvalue weighted by Crippen LogP contribution is -2.58. The maximum atomic E-state index is 12.0. The van der Waals surface area contributed by atoms with Gasteiger partial charge in [-0.05, 0) is 6.92 Å². The van der Waals surface area contributed by atoms with E-state index >= 15 is 0 Å². The number of nitrogens with one attached hydrogen (secondary N) is 1. The lowest BCUT2D eigenvalue weighted by atomic mass is 9.93. The van der Waals surface area contributed by atoms with Gasteiger partial charge in [-0.1, -0.05) is 0 Å². The second-order valence-corrected chi connectivity index (χ2v) is 4.78. The van der Waals surface area contributed by atoms with E-state index in [4.69, 9.17) is 9.47 Å². The number of hydrogen-bond acceptors (Lipinski definition) is 5. The summed E-state index contributed by atoms with van der Waals surface area (Å²) in [4.78, 5) is 26.2. The Kier molecular flexibility index (Phi) is 2.44. The molecule has 18 heavy (non-hydrogen) atoms. The van der Waals surface area contributed by atoms with Crippen molar-refractivity contribution in [1.82, 2.24) is 9.55 Å². The van der Waals surface area contributed by atoms with Crippen LogP contribution >= 0.6 is 0 Å². The summed E-state index contributed by atoms with van der Waals surface area (Å²) in [6, 6.07) is 0. The van der Waals surface area contributed by atoms with E-state index < -0.39 is 17.5 Å². The highest BCUT2D eigenvalue weighted by Gasteiger charge is 2.57. The number of fused-ring (bicyclic) bond motifs is 1. The van der Waals surface area contributed by atoms with Crippen LogP contribution in [0.25, 0.3) is 0 Å². The number of aliphatic hydroxyl groups excluding tert-OH is 1. The van der Waals surface area contributed by atoms with Crippen molar-refractivity contribution in [3.8, 4) is 0 Å². The molecule has 0 saturated carbocycles. The average Bonchev–Trinajstić information content (AvgIpc) is 2.58.